The van der Waals surface area contributed by atoms with Crippen LogP contribution in [0, 0.1) is 10.8 Å². The first-order valence-electron chi connectivity index (χ1n) is 7.22. The third-order valence-electron chi connectivity index (χ3n) is 3.60. The molecule has 126 valence electrons. The van der Waals surface area contributed by atoms with E-state index in [4.69, 9.17) is 15.3 Å². The average molecular weight is 314 g/mol. The molecule has 0 heterocycles. The molecule has 22 heavy (non-hydrogen) atoms. The number of isocyanates is 2. The zero-order valence-corrected chi connectivity index (χ0v) is 13.4. The molecular formula is C15H26N2O5. The molecule has 0 aliphatic heterocycles. The predicted molar refractivity (Wildman–Crippen MR) is 80.8 cm³/mol. The first kappa shape index (κ1) is 20.6. The molecule has 1 aliphatic rings. The van der Waals surface area contributed by atoms with Gasteiger partial charge in [-0.05, 0) is 30.1 Å². The Bertz CT molecular complexity index is 424. The van der Waals surface area contributed by atoms with Crippen molar-refractivity contribution < 1.29 is 24.9 Å². The van der Waals surface area contributed by atoms with Crippen LogP contribution < -0.4 is 0 Å². The molecule has 0 aromatic rings. The topological polar surface area (TPSA) is 120 Å². The molecule has 0 saturated heterocycles. The van der Waals surface area contributed by atoms with Gasteiger partial charge in [-0.15, -0.1) is 0 Å². The fraction of sp³-hybridized carbons (Fsp3) is 0.867. The fourth-order valence-corrected chi connectivity index (χ4v) is 3.15. The fourth-order valence-electron chi connectivity index (χ4n) is 3.15. The predicted octanol–water partition coefficient (Wildman–Crippen LogP) is 0.575. The highest BCUT2D eigenvalue weighted by atomic mass is 16.3. The molecule has 7 nitrogen and oxygen atoms in total. The molecule has 2 unspecified atom stereocenters. The Kier molecular flexibility index (Phi) is 9.02. The zero-order chi connectivity index (χ0) is 17.2. The van der Waals surface area contributed by atoms with Crippen molar-refractivity contribution in [1.29, 1.82) is 0 Å². The molecule has 0 aromatic heterocycles. The normalized spacial score (nSPS) is 26.2. The summed E-state index contributed by atoms with van der Waals surface area (Å²) >= 11 is 0. The molecule has 3 N–H and O–H groups in total. The lowest BCUT2D eigenvalue weighted by Gasteiger charge is -2.44. The van der Waals surface area contributed by atoms with Crippen molar-refractivity contribution in [3.8, 4) is 0 Å². The van der Waals surface area contributed by atoms with Crippen LogP contribution in [0.4, 0.5) is 0 Å². The van der Waals surface area contributed by atoms with E-state index < -0.39 is 6.10 Å². The van der Waals surface area contributed by atoms with Gasteiger partial charge in [-0.3, -0.25) is 0 Å². The molecule has 0 radical (unpaired) electrons. The molecule has 0 bridgehead atoms. The van der Waals surface area contributed by atoms with E-state index >= 15 is 0 Å². The molecule has 1 rings (SSSR count). The lowest BCUT2D eigenvalue weighted by molar-refractivity contribution is 0.0450. The summed E-state index contributed by atoms with van der Waals surface area (Å²) in [7, 11) is 0. The van der Waals surface area contributed by atoms with Gasteiger partial charge in [0.05, 0.1) is 25.8 Å². The Labute approximate surface area is 130 Å². The number of hydrogen-bond donors (Lipinski definition) is 3. The van der Waals surface area contributed by atoms with Crippen LogP contribution >= 0.6 is 0 Å². The first-order chi connectivity index (χ1) is 10.2. The maximum absolute atomic E-state index is 10.3. The quantitative estimate of drug-likeness (QED) is 0.506. The summed E-state index contributed by atoms with van der Waals surface area (Å²) in [5.74, 6) is 0. The SMILES string of the molecule is CC1(C)CC(N=C=O)CC(C)(CN=C=O)C1.OCC(O)CO. The van der Waals surface area contributed by atoms with Gasteiger partial charge in [-0.2, -0.15) is 0 Å². The number of rotatable bonds is 5. The van der Waals surface area contributed by atoms with E-state index in [2.05, 4.69) is 30.8 Å². The number of aliphatic imine (C=N–C) groups is 2. The summed E-state index contributed by atoms with van der Waals surface area (Å²) in [6.07, 6.45) is 4.93. The summed E-state index contributed by atoms with van der Waals surface area (Å²) in [4.78, 5) is 28.0. The highest BCUT2D eigenvalue weighted by Crippen LogP contribution is 2.47. The molecule has 1 saturated carbocycles. The third kappa shape index (κ3) is 8.17. The van der Waals surface area contributed by atoms with Gasteiger partial charge in [-0.1, -0.05) is 20.8 Å². The van der Waals surface area contributed by atoms with Gasteiger partial charge < -0.3 is 15.3 Å². The van der Waals surface area contributed by atoms with Crippen molar-refractivity contribution >= 4 is 12.2 Å². The van der Waals surface area contributed by atoms with Crippen LogP contribution in [-0.4, -0.2) is 59.4 Å². The number of aliphatic hydroxyl groups excluding tert-OH is 3. The monoisotopic (exact) mass is 314 g/mol. The van der Waals surface area contributed by atoms with Crippen LogP contribution in [0.15, 0.2) is 9.98 Å². The van der Waals surface area contributed by atoms with E-state index in [0.717, 1.165) is 19.3 Å². The Morgan fingerprint density at radius 1 is 1.14 bits per heavy atom. The van der Waals surface area contributed by atoms with Crippen molar-refractivity contribution in [1.82, 2.24) is 0 Å². The molecule has 1 fully saturated rings. The van der Waals surface area contributed by atoms with Crippen molar-refractivity contribution in [2.24, 2.45) is 20.8 Å². The molecule has 0 spiro atoms. The van der Waals surface area contributed by atoms with E-state index in [0.29, 0.717) is 6.54 Å². The summed E-state index contributed by atoms with van der Waals surface area (Å²) in [5.41, 5.74) is 0.0561. The Morgan fingerprint density at radius 3 is 2.14 bits per heavy atom. The van der Waals surface area contributed by atoms with Crippen LogP contribution in [0.3, 0.4) is 0 Å². The summed E-state index contributed by atoms with van der Waals surface area (Å²) in [6.45, 7) is 6.13. The van der Waals surface area contributed by atoms with Gasteiger partial charge in [0.2, 0.25) is 12.2 Å². The van der Waals surface area contributed by atoms with Gasteiger partial charge in [0.1, 0.15) is 6.10 Å². The van der Waals surface area contributed by atoms with Crippen LogP contribution in [0.2, 0.25) is 0 Å². The first-order valence-corrected chi connectivity index (χ1v) is 7.22. The minimum absolute atomic E-state index is 0.00750. The number of aliphatic hydroxyl groups is 3. The minimum atomic E-state index is -0.954. The van der Waals surface area contributed by atoms with Crippen LogP contribution in [-0.2, 0) is 9.59 Å². The van der Waals surface area contributed by atoms with Crippen molar-refractivity contribution in [3.05, 3.63) is 0 Å². The van der Waals surface area contributed by atoms with Crippen LogP contribution in [0.5, 0.6) is 0 Å². The van der Waals surface area contributed by atoms with Crippen molar-refractivity contribution in [3.63, 3.8) is 0 Å². The summed E-state index contributed by atoms with van der Waals surface area (Å²) < 4.78 is 0. The smallest absolute Gasteiger partial charge is 0.235 e. The van der Waals surface area contributed by atoms with Crippen LogP contribution in [0.25, 0.3) is 0 Å². The third-order valence-corrected chi connectivity index (χ3v) is 3.60. The number of carbonyl (C=O) groups excluding carboxylic acids is 2. The Hall–Kier alpha value is -1.36. The Morgan fingerprint density at radius 2 is 1.73 bits per heavy atom. The van der Waals surface area contributed by atoms with E-state index in [1.165, 1.54) is 0 Å². The highest BCUT2D eigenvalue weighted by molar-refractivity contribution is 5.34. The second kappa shape index (κ2) is 9.62. The van der Waals surface area contributed by atoms with Gasteiger partial charge in [0.15, 0.2) is 0 Å². The number of hydrogen-bond acceptors (Lipinski definition) is 7. The van der Waals surface area contributed by atoms with Gasteiger partial charge in [0.25, 0.3) is 0 Å². The lowest BCUT2D eigenvalue weighted by atomic mass is 9.63. The Balaban J connectivity index is 0.000000626. The van der Waals surface area contributed by atoms with Crippen LogP contribution in [0.1, 0.15) is 40.0 Å². The maximum Gasteiger partial charge on any atom is 0.235 e. The van der Waals surface area contributed by atoms with E-state index in [1.807, 2.05) is 0 Å². The number of nitrogens with zero attached hydrogens (tertiary/aromatic N) is 2. The largest absolute Gasteiger partial charge is 0.394 e. The molecule has 2 atom stereocenters. The second-order valence-corrected chi connectivity index (χ2v) is 6.86. The van der Waals surface area contributed by atoms with Gasteiger partial charge >= 0.3 is 0 Å². The maximum atomic E-state index is 10.3. The van der Waals surface area contributed by atoms with E-state index in [9.17, 15) is 9.59 Å². The second-order valence-electron chi connectivity index (χ2n) is 6.86. The summed E-state index contributed by atoms with van der Waals surface area (Å²) in [5, 5.41) is 24.0. The van der Waals surface area contributed by atoms with E-state index in [1.54, 1.807) is 12.2 Å². The highest BCUT2D eigenvalue weighted by Gasteiger charge is 2.41. The van der Waals surface area contributed by atoms with Gasteiger partial charge in [0, 0.05) is 0 Å². The molecule has 7 heteroatoms. The van der Waals surface area contributed by atoms with Gasteiger partial charge in [-0.25, -0.2) is 19.6 Å². The zero-order valence-electron chi connectivity index (χ0n) is 13.4. The van der Waals surface area contributed by atoms with Crippen molar-refractivity contribution in [2.75, 3.05) is 19.8 Å². The van der Waals surface area contributed by atoms with E-state index in [-0.39, 0.29) is 30.1 Å². The molecule has 1 aliphatic carbocycles. The lowest BCUT2D eigenvalue weighted by Crippen LogP contribution is -2.39. The van der Waals surface area contributed by atoms with Crippen molar-refractivity contribution in [2.45, 2.75) is 52.2 Å². The molecule has 0 aromatic carbocycles. The standard InChI is InChI=1S/C12H18N2O2.C3H8O3/c1-11(2)4-10(14-9-16)5-12(3,6-11)7-13-8-15;4-1-3(6)2-5/h10H,4-7H2,1-3H3;3-6H,1-2H2. The minimum Gasteiger partial charge on any atom is -0.394 e. The average Bonchev–Trinajstić information content (AvgIpc) is 2.43. The molecule has 0 amide bonds. The summed E-state index contributed by atoms with van der Waals surface area (Å²) in [6, 6.07) is 0.00750. The molecular weight excluding hydrogens is 288 g/mol.